The minimum absolute atomic E-state index is 0.329. The summed E-state index contributed by atoms with van der Waals surface area (Å²) in [6.07, 6.45) is 1.22. The first kappa shape index (κ1) is 9.29. The van der Waals surface area contributed by atoms with E-state index in [4.69, 9.17) is 11.6 Å². The van der Waals surface area contributed by atoms with Gasteiger partial charge in [-0.1, -0.05) is 27.7 Å². The lowest BCUT2D eigenvalue weighted by Gasteiger charge is -2.23. The van der Waals surface area contributed by atoms with E-state index in [-0.39, 0.29) is 0 Å². The maximum Gasteiger partial charge on any atom is 0.0274 e. The third kappa shape index (κ3) is 4.77. The molecule has 9 heavy (non-hydrogen) atoms. The van der Waals surface area contributed by atoms with Gasteiger partial charge in [-0.2, -0.15) is 0 Å². The van der Waals surface area contributed by atoms with E-state index in [2.05, 4.69) is 27.7 Å². The third-order valence-electron chi connectivity index (χ3n) is 1.32. The summed E-state index contributed by atoms with van der Waals surface area (Å²) in [6, 6.07) is 0. The quantitative estimate of drug-likeness (QED) is 0.539. The van der Waals surface area contributed by atoms with Gasteiger partial charge in [-0.3, -0.25) is 0 Å². The van der Waals surface area contributed by atoms with Crippen molar-refractivity contribution in [1.82, 2.24) is 0 Å². The van der Waals surface area contributed by atoms with Crippen LogP contribution in [-0.4, -0.2) is 5.88 Å². The van der Waals surface area contributed by atoms with Crippen molar-refractivity contribution >= 4 is 11.6 Å². The minimum atomic E-state index is 0.329. The van der Waals surface area contributed by atoms with Gasteiger partial charge >= 0.3 is 0 Å². The van der Waals surface area contributed by atoms with E-state index in [9.17, 15) is 0 Å². The molecule has 0 aromatic carbocycles. The van der Waals surface area contributed by atoms with Crippen molar-refractivity contribution in [3.8, 4) is 0 Å². The molecule has 0 nitrogen and oxygen atoms in total. The van der Waals surface area contributed by atoms with Crippen LogP contribution in [0.3, 0.4) is 0 Å². The van der Waals surface area contributed by atoms with Gasteiger partial charge in [0.2, 0.25) is 0 Å². The van der Waals surface area contributed by atoms with Gasteiger partial charge in [-0.15, -0.1) is 11.6 Å². The summed E-state index contributed by atoms with van der Waals surface area (Å²) in [5.41, 5.74) is 0.329. The summed E-state index contributed by atoms with van der Waals surface area (Å²) >= 11 is 5.74. The van der Waals surface area contributed by atoms with Crippen molar-refractivity contribution in [2.24, 2.45) is 11.3 Å². The highest BCUT2D eigenvalue weighted by Crippen LogP contribution is 2.25. The summed E-state index contributed by atoms with van der Waals surface area (Å²) in [5.74, 6) is 1.53. The van der Waals surface area contributed by atoms with Gasteiger partial charge in [0.15, 0.2) is 0 Å². The van der Waals surface area contributed by atoms with Crippen LogP contribution in [0.25, 0.3) is 0 Å². The lowest BCUT2D eigenvalue weighted by molar-refractivity contribution is 0.325. The summed E-state index contributed by atoms with van der Waals surface area (Å²) in [6.45, 7) is 8.88. The smallest absolute Gasteiger partial charge is 0.0274 e. The lowest BCUT2D eigenvalue weighted by atomic mass is 9.86. The predicted molar refractivity (Wildman–Crippen MR) is 44.0 cm³/mol. The monoisotopic (exact) mass is 148 g/mol. The average molecular weight is 149 g/mol. The Balaban J connectivity index is 3.58. The predicted octanol–water partition coefficient (Wildman–Crippen LogP) is 3.30. The fourth-order valence-electron chi connectivity index (χ4n) is 1.16. The first-order valence-electron chi connectivity index (χ1n) is 3.54. The van der Waals surface area contributed by atoms with Crippen molar-refractivity contribution in [2.45, 2.75) is 34.1 Å². The molecule has 0 saturated heterocycles. The minimum Gasteiger partial charge on any atom is -0.126 e. The molecule has 0 bridgehead atoms. The molecule has 0 amide bonds. The van der Waals surface area contributed by atoms with E-state index in [1.54, 1.807) is 0 Å². The van der Waals surface area contributed by atoms with E-state index in [1.807, 2.05) is 0 Å². The average Bonchev–Trinajstić information content (AvgIpc) is 1.63. The van der Waals surface area contributed by atoms with Crippen molar-refractivity contribution in [1.29, 1.82) is 0 Å². The molecule has 0 aromatic heterocycles. The van der Waals surface area contributed by atoms with E-state index in [0.717, 1.165) is 11.8 Å². The van der Waals surface area contributed by atoms with Gasteiger partial charge in [0.25, 0.3) is 0 Å². The molecule has 0 aromatic rings. The SMILES string of the molecule is CC(C)CC(C)(C)CCl. The van der Waals surface area contributed by atoms with E-state index in [1.165, 1.54) is 6.42 Å². The highest BCUT2D eigenvalue weighted by molar-refractivity contribution is 6.18. The standard InChI is InChI=1S/C8H17Cl/c1-7(2)5-8(3,4)6-9/h7H,5-6H2,1-4H3. The molecule has 0 aliphatic rings. The molecule has 0 spiro atoms. The maximum absolute atomic E-state index is 5.74. The van der Waals surface area contributed by atoms with Gasteiger partial charge in [0, 0.05) is 5.88 Å². The molecule has 0 rings (SSSR count). The number of hydrogen-bond acceptors (Lipinski definition) is 0. The molecule has 0 saturated carbocycles. The first-order valence-corrected chi connectivity index (χ1v) is 4.07. The molecule has 0 atom stereocenters. The van der Waals surface area contributed by atoms with Crippen LogP contribution < -0.4 is 0 Å². The van der Waals surface area contributed by atoms with Crippen LogP contribution in [0.4, 0.5) is 0 Å². The fourth-order valence-corrected chi connectivity index (χ4v) is 1.27. The molecule has 0 heterocycles. The highest BCUT2D eigenvalue weighted by Gasteiger charge is 2.17. The van der Waals surface area contributed by atoms with Crippen LogP contribution >= 0.6 is 11.6 Å². The van der Waals surface area contributed by atoms with Gasteiger partial charge in [0.1, 0.15) is 0 Å². The molecule has 0 aliphatic carbocycles. The zero-order chi connectivity index (χ0) is 7.49. The van der Waals surface area contributed by atoms with Gasteiger partial charge in [-0.05, 0) is 17.8 Å². The molecule has 0 aliphatic heterocycles. The normalized spacial score (nSPS) is 12.7. The van der Waals surface area contributed by atoms with Gasteiger partial charge < -0.3 is 0 Å². The molecular formula is C8H17Cl. The van der Waals surface area contributed by atoms with Crippen LogP contribution in [0.5, 0.6) is 0 Å². The van der Waals surface area contributed by atoms with E-state index < -0.39 is 0 Å². The number of hydrogen-bond donors (Lipinski definition) is 0. The second-order valence-corrected chi connectivity index (χ2v) is 4.16. The Morgan fingerprint density at radius 2 is 1.78 bits per heavy atom. The van der Waals surface area contributed by atoms with Gasteiger partial charge in [0.05, 0.1) is 0 Å². The Morgan fingerprint density at radius 1 is 1.33 bits per heavy atom. The summed E-state index contributed by atoms with van der Waals surface area (Å²) in [5, 5.41) is 0. The molecule has 0 N–H and O–H groups in total. The summed E-state index contributed by atoms with van der Waals surface area (Å²) in [4.78, 5) is 0. The zero-order valence-corrected chi connectivity index (χ0v) is 7.63. The van der Waals surface area contributed by atoms with Crippen molar-refractivity contribution in [3.05, 3.63) is 0 Å². The second kappa shape index (κ2) is 3.46. The van der Waals surface area contributed by atoms with Crippen LogP contribution in [0.2, 0.25) is 0 Å². The topological polar surface area (TPSA) is 0 Å². The highest BCUT2D eigenvalue weighted by atomic mass is 35.5. The Morgan fingerprint density at radius 3 is 1.89 bits per heavy atom. The Kier molecular flexibility index (Phi) is 3.57. The van der Waals surface area contributed by atoms with E-state index in [0.29, 0.717) is 5.41 Å². The lowest BCUT2D eigenvalue weighted by Crippen LogP contribution is -2.15. The molecule has 56 valence electrons. The second-order valence-electron chi connectivity index (χ2n) is 3.90. The third-order valence-corrected chi connectivity index (χ3v) is 2.05. The largest absolute Gasteiger partial charge is 0.126 e. The van der Waals surface area contributed by atoms with Crippen LogP contribution in [0.15, 0.2) is 0 Å². The first-order chi connectivity index (χ1) is 3.98. The molecule has 0 radical (unpaired) electrons. The Labute approximate surface area is 63.6 Å². The summed E-state index contributed by atoms with van der Waals surface area (Å²) in [7, 11) is 0. The van der Waals surface area contributed by atoms with E-state index >= 15 is 0 Å². The number of alkyl halides is 1. The number of rotatable bonds is 3. The van der Waals surface area contributed by atoms with Crippen molar-refractivity contribution in [2.75, 3.05) is 5.88 Å². The van der Waals surface area contributed by atoms with Crippen LogP contribution in [0, 0.1) is 11.3 Å². The molecule has 0 unspecified atom stereocenters. The molecule has 0 fully saturated rings. The summed E-state index contributed by atoms with van der Waals surface area (Å²) < 4.78 is 0. The zero-order valence-electron chi connectivity index (χ0n) is 6.87. The fraction of sp³-hybridized carbons (Fsp3) is 1.00. The van der Waals surface area contributed by atoms with Gasteiger partial charge in [-0.25, -0.2) is 0 Å². The Hall–Kier alpha value is 0.290. The molecule has 1 heteroatoms. The number of halogens is 1. The molecular weight excluding hydrogens is 132 g/mol. The Bertz CT molecular complexity index is 74.6. The maximum atomic E-state index is 5.74. The van der Waals surface area contributed by atoms with Crippen LogP contribution in [-0.2, 0) is 0 Å². The van der Waals surface area contributed by atoms with Crippen LogP contribution in [0.1, 0.15) is 34.1 Å². The van der Waals surface area contributed by atoms with Crippen molar-refractivity contribution < 1.29 is 0 Å². The van der Waals surface area contributed by atoms with Crippen molar-refractivity contribution in [3.63, 3.8) is 0 Å².